The largest absolute Gasteiger partial charge is 0.363 e. The maximum atomic E-state index is 12.4. The van der Waals surface area contributed by atoms with Gasteiger partial charge in [-0.2, -0.15) is 0 Å². The summed E-state index contributed by atoms with van der Waals surface area (Å²) in [5, 5.41) is 0. The molecule has 0 atom stereocenters. The second kappa shape index (κ2) is 5.90. The van der Waals surface area contributed by atoms with E-state index in [2.05, 4.69) is 4.98 Å². The highest BCUT2D eigenvalue weighted by molar-refractivity contribution is 5.95. The van der Waals surface area contributed by atoms with Crippen LogP contribution in [-0.2, 0) is 4.79 Å². The summed E-state index contributed by atoms with van der Waals surface area (Å²) in [6.07, 6.45) is 1.65. The van der Waals surface area contributed by atoms with Crippen LogP contribution in [0.4, 0.5) is 5.82 Å². The van der Waals surface area contributed by atoms with Crippen molar-refractivity contribution < 1.29 is 9.59 Å². The molecule has 0 bridgehead atoms. The predicted octanol–water partition coefficient (Wildman–Crippen LogP) is 0.452. The Kier molecular flexibility index (Phi) is 4.22. The summed E-state index contributed by atoms with van der Waals surface area (Å²) in [4.78, 5) is 33.3. The fourth-order valence-electron chi connectivity index (χ4n) is 2.20. The minimum atomic E-state index is -0.00120. The third-order valence-electron chi connectivity index (χ3n) is 3.46. The third-order valence-corrected chi connectivity index (χ3v) is 3.46. The van der Waals surface area contributed by atoms with E-state index < -0.39 is 0 Å². The number of amides is 2. The standard InChI is InChI=1S/C14H20N4O2/c1-11(19)17-6-8-18(9-7-17)14(20)12-4-5-15-13(10-12)16(2)3/h4-5,10H,6-9H2,1-3H3. The molecular weight excluding hydrogens is 256 g/mol. The number of piperazine rings is 1. The zero-order valence-corrected chi connectivity index (χ0v) is 12.2. The summed E-state index contributed by atoms with van der Waals surface area (Å²) in [5.74, 6) is 0.827. The number of rotatable bonds is 2. The van der Waals surface area contributed by atoms with E-state index in [1.807, 2.05) is 19.0 Å². The lowest BCUT2D eigenvalue weighted by Gasteiger charge is -2.34. The molecule has 0 radical (unpaired) electrons. The second-order valence-corrected chi connectivity index (χ2v) is 5.10. The number of pyridine rings is 1. The van der Waals surface area contributed by atoms with Crippen molar-refractivity contribution >= 4 is 17.6 Å². The van der Waals surface area contributed by atoms with E-state index in [-0.39, 0.29) is 11.8 Å². The number of hydrogen-bond donors (Lipinski definition) is 0. The average molecular weight is 276 g/mol. The van der Waals surface area contributed by atoms with Gasteiger partial charge in [-0.05, 0) is 12.1 Å². The summed E-state index contributed by atoms with van der Waals surface area (Å²) < 4.78 is 0. The van der Waals surface area contributed by atoms with Crippen molar-refractivity contribution in [1.29, 1.82) is 0 Å². The van der Waals surface area contributed by atoms with Gasteiger partial charge < -0.3 is 14.7 Å². The zero-order chi connectivity index (χ0) is 14.7. The number of anilines is 1. The molecule has 0 saturated carbocycles. The molecule has 2 rings (SSSR count). The van der Waals surface area contributed by atoms with Gasteiger partial charge in [-0.25, -0.2) is 4.98 Å². The van der Waals surface area contributed by atoms with E-state index in [1.54, 1.807) is 35.1 Å². The molecule has 1 saturated heterocycles. The maximum Gasteiger partial charge on any atom is 0.254 e. The normalized spacial score (nSPS) is 15.2. The highest BCUT2D eigenvalue weighted by Crippen LogP contribution is 2.13. The Morgan fingerprint density at radius 3 is 2.30 bits per heavy atom. The maximum absolute atomic E-state index is 12.4. The van der Waals surface area contributed by atoms with Crippen LogP contribution in [-0.4, -0.2) is 66.9 Å². The van der Waals surface area contributed by atoms with Gasteiger partial charge in [-0.1, -0.05) is 0 Å². The highest BCUT2D eigenvalue weighted by Gasteiger charge is 2.23. The first-order chi connectivity index (χ1) is 9.49. The van der Waals surface area contributed by atoms with E-state index in [0.717, 1.165) is 5.82 Å². The van der Waals surface area contributed by atoms with Gasteiger partial charge in [0, 0.05) is 59.0 Å². The van der Waals surface area contributed by atoms with Crippen LogP contribution in [0.25, 0.3) is 0 Å². The lowest BCUT2D eigenvalue weighted by molar-refractivity contribution is -0.130. The number of carbonyl (C=O) groups is 2. The van der Waals surface area contributed by atoms with Crippen LogP contribution in [0.1, 0.15) is 17.3 Å². The van der Waals surface area contributed by atoms with E-state index in [9.17, 15) is 9.59 Å². The molecule has 108 valence electrons. The van der Waals surface area contributed by atoms with Gasteiger partial charge in [-0.3, -0.25) is 9.59 Å². The minimum absolute atomic E-state index is 0.00120. The van der Waals surface area contributed by atoms with Gasteiger partial charge in [-0.15, -0.1) is 0 Å². The van der Waals surface area contributed by atoms with Crippen LogP contribution in [0.15, 0.2) is 18.3 Å². The Bertz CT molecular complexity index is 508. The molecule has 0 spiro atoms. The first-order valence-corrected chi connectivity index (χ1v) is 6.67. The van der Waals surface area contributed by atoms with Gasteiger partial charge in [0.1, 0.15) is 5.82 Å². The van der Waals surface area contributed by atoms with E-state index in [1.165, 1.54) is 0 Å². The van der Waals surface area contributed by atoms with Gasteiger partial charge in [0.15, 0.2) is 0 Å². The Hall–Kier alpha value is -2.11. The number of aromatic nitrogens is 1. The summed E-state index contributed by atoms with van der Waals surface area (Å²) in [6, 6.07) is 3.52. The molecule has 1 aliphatic heterocycles. The molecule has 1 aromatic rings. The van der Waals surface area contributed by atoms with Gasteiger partial charge in [0.25, 0.3) is 5.91 Å². The minimum Gasteiger partial charge on any atom is -0.363 e. The monoisotopic (exact) mass is 276 g/mol. The van der Waals surface area contributed by atoms with Crippen molar-refractivity contribution in [1.82, 2.24) is 14.8 Å². The van der Waals surface area contributed by atoms with Crippen LogP contribution in [0.5, 0.6) is 0 Å². The molecule has 6 heteroatoms. The van der Waals surface area contributed by atoms with Crippen molar-refractivity contribution in [2.24, 2.45) is 0 Å². The topological polar surface area (TPSA) is 56.8 Å². The summed E-state index contributed by atoms with van der Waals surface area (Å²) in [6.45, 7) is 3.93. The molecule has 1 aromatic heterocycles. The third kappa shape index (κ3) is 3.07. The van der Waals surface area contributed by atoms with Gasteiger partial charge in [0.05, 0.1) is 0 Å². The summed E-state index contributed by atoms with van der Waals surface area (Å²) in [5.41, 5.74) is 0.639. The summed E-state index contributed by atoms with van der Waals surface area (Å²) >= 11 is 0. The van der Waals surface area contributed by atoms with Crippen molar-refractivity contribution in [3.8, 4) is 0 Å². The summed E-state index contributed by atoms with van der Waals surface area (Å²) in [7, 11) is 3.78. The van der Waals surface area contributed by atoms with E-state index in [0.29, 0.717) is 31.7 Å². The van der Waals surface area contributed by atoms with E-state index >= 15 is 0 Å². The van der Waals surface area contributed by atoms with Crippen LogP contribution in [0.2, 0.25) is 0 Å². The average Bonchev–Trinajstić information content (AvgIpc) is 2.46. The first kappa shape index (κ1) is 14.3. The molecule has 0 aliphatic carbocycles. The second-order valence-electron chi connectivity index (χ2n) is 5.10. The molecule has 1 fully saturated rings. The molecular formula is C14H20N4O2. The van der Waals surface area contributed by atoms with Gasteiger partial charge in [0.2, 0.25) is 5.91 Å². The molecule has 20 heavy (non-hydrogen) atoms. The lowest BCUT2D eigenvalue weighted by atomic mass is 10.2. The SMILES string of the molecule is CC(=O)N1CCN(C(=O)c2ccnc(N(C)C)c2)CC1. The molecule has 6 nitrogen and oxygen atoms in total. The molecule has 1 aliphatic rings. The fourth-order valence-corrected chi connectivity index (χ4v) is 2.20. The smallest absolute Gasteiger partial charge is 0.254 e. The number of carbonyl (C=O) groups excluding carboxylic acids is 2. The van der Waals surface area contributed by atoms with Crippen LogP contribution in [0.3, 0.4) is 0 Å². The van der Waals surface area contributed by atoms with Crippen LogP contribution in [0, 0.1) is 0 Å². The molecule has 0 unspecified atom stereocenters. The Balaban J connectivity index is 2.05. The Morgan fingerprint density at radius 1 is 1.15 bits per heavy atom. The first-order valence-electron chi connectivity index (χ1n) is 6.67. The van der Waals surface area contributed by atoms with Crippen molar-refractivity contribution in [2.75, 3.05) is 45.2 Å². The van der Waals surface area contributed by atoms with Crippen molar-refractivity contribution in [3.05, 3.63) is 23.9 Å². The Labute approximate surface area is 119 Å². The zero-order valence-electron chi connectivity index (χ0n) is 12.2. The fraction of sp³-hybridized carbons (Fsp3) is 0.500. The number of nitrogens with zero attached hydrogens (tertiary/aromatic N) is 4. The molecule has 2 amide bonds. The Morgan fingerprint density at radius 2 is 1.75 bits per heavy atom. The van der Waals surface area contributed by atoms with Crippen LogP contribution >= 0.6 is 0 Å². The molecule has 0 N–H and O–H groups in total. The van der Waals surface area contributed by atoms with E-state index in [4.69, 9.17) is 0 Å². The van der Waals surface area contributed by atoms with Gasteiger partial charge >= 0.3 is 0 Å². The highest BCUT2D eigenvalue weighted by atomic mass is 16.2. The predicted molar refractivity (Wildman–Crippen MR) is 76.7 cm³/mol. The van der Waals surface area contributed by atoms with Crippen molar-refractivity contribution in [3.63, 3.8) is 0 Å². The lowest BCUT2D eigenvalue weighted by Crippen LogP contribution is -2.50. The van der Waals surface area contributed by atoms with Crippen LogP contribution < -0.4 is 4.90 Å². The molecule has 2 heterocycles. The van der Waals surface area contributed by atoms with Crippen molar-refractivity contribution in [2.45, 2.75) is 6.92 Å². The molecule has 0 aromatic carbocycles. The quantitative estimate of drug-likeness (QED) is 0.787. The number of hydrogen-bond acceptors (Lipinski definition) is 4.